The van der Waals surface area contributed by atoms with Gasteiger partial charge in [-0.15, -0.1) is 0 Å². The van der Waals surface area contributed by atoms with Crippen LogP contribution >= 0.6 is 12.2 Å². The lowest BCUT2D eigenvalue weighted by Crippen LogP contribution is -2.32. The molecule has 0 atom stereocenters. The molecule has 1 fully saturated rings. The number of thiocarbonyl (C=S) groups is 1. The van der Waals surface area contributed by atoms with Crippen molar-refractivity contribution < 1.29 is 9.47 Å². The zero-order chi connectivity index (χ0) is 23.4. The van der Waals surface area contributed by atoms with E-state index in [-0.39, 0.29) is 0 Å². The van der Waals surface area contributed by atoms with Gasteiger partial charge in [-0.05, 0) is 88.2 Å². The largest absolute Gasteiger partial charge is 0.493 e. The zero-order valence-corrected chi connectivity index (χ0v) is 20.5. The molecule has 8 heteroatoms. The molecule has 0 bridgehead atoms. The molecule has 2 heterocycles. The second kappa shape index (κ2) is 10.3. The summed E-state index contributed by atoms with van der Waals surface area (Å²) in [6, 6.07) is 10.0. The minimum absolute atomic E-state index is 0.463. The number of aromatic nitrogens is 2. The van der Waals surface area contributed by atoms with E-state index in [0.717, 1.165) is 53.6 Å². The molecule has 0 saturated carbocycles. The maximum Gasteiger partial charge on any atom is 0.176 e. The molecule has 0 aliphatic carbocycles. The van der Waals surface area contributed by atoms with Gasteiger partial charge in [-0.3, -0.25) is 0 Å². The second-order valence-electron chi connectivity index (χ2n) is 8.70. The van der Waals surface area contributed by atoms with Gasteiger partial charge in [0.15, 0.2) is 16.6 Å². The molecule has 33 heavy (non-hydrogen) atoms. The molecule has 0 amide bonds. The Bertz CT molecular complexity index is 1150. The predicted molar refractivity (Wildman–Crippen MR) is 138 cm³/mol. The van der Waals surface area contributed by atoms with E-state index < -0.39 is 0 Å². The first-order valence-corrected chi connectivity index (χ1v) is 11.6. The molecule has 7 nitrogen and oxygen atoms in total. The van der Waals surface area contributed by atoms with Gasteiger partial charge in [-0.1, -0.05) is 12.1 Å². The predicted octanol–water partition coefficient (Wildman–Crippen LogP) is 4.78. The average molecular weight is 466 g/mol. The van der Waals surface area contributed by atoms with Crippen molar-refractivity contribution in [2.75, 3.05) is 44.5 Å². The maximum absolute atomic E-state index is 6.17. The lowest BCUT2D eigenvalue weighted by atomic mass is 9.98. The molecule has 1 saturated heterocycles. The summed E-state index contributed by atoms with van der Waals surface area (Å²) < 4.78 is 11.8. The molecule has 0 unspecified atom stereocenters. The van der Waals surface area contributed by atoms with Gasteiger partial charge in [-0.2, -0.15) is 0 Å². The molecular formula is C25H31N5O2S. The van der Waals surface area contributed by atoms with Crippen LogP contribution in [0.2, 0.25) is 0 Å². The Balaban J connectivity index is 1.51. The molecule has 4 rings (SSSR count). The van der Waals surface area contributed by atoms with E-state index in [0.29, 0.717) is 35.0 Å². The molecule has 0 spiro atoms. The van der Waals surface area contributed by atoms with Gasteiger partial charge in [0.25, 0.3) is 0 Å². The van der Waals surface area contributed by atoms with Crippen molar-refractivity contribution in [3.8, 4) is 11.5 Å². The van der Waals surface area contributed by atoms with Crippen LogP contribution in [-0.4, -0.2) is 53.8 Å². The minimum Gasteiger partial charge on any atom is -0.493 e. The highest BCUT2D eigenvalue weighted by molar-refractivity contribution is 7.80. The number of likely N-dealkylation sites (tertiary alicyclic amines) is 1. The third kappa shape index (κ3) is 5.69. The molecule has 0 radical (unpaired) electrons. The number of hydrogen-bond donors (Lipinski definition) is 2. The van der Waals surface area contributed by atoms with Crippen LogP contribution in [0.15, 0.2) is 36.7 Å². The molecule has 3 aromatic rings. The summed E-state index contributed by atoms with van der Waals surface area (Å²) in [5.41, 5.74) is 4.01. The summed E-state index contributed by atoms with van der Waals surface area (Å²) >= 11 is 5.55. The molecule has 174 valence electrons. The Morgan fingerprint density at radius 2 is 1.88 bits per heavy atom. The van der Waals surface area contributed by atoms with Crippen molar-refractivity contribution in [3.63, 3.8) is 0 Å². The van der Waals surface area contributed by atoms with Gasteiger partial charge >= 0.3 is 0 Å². The highest BCUT2D eigenvalue weighted by Crippen LogP contribution is 2.34. The van der Waals surface area contributed by atoms with E-state index >= 15 is 0 Å². The van der Waals surface area contributed by atoms with Crippen LogP contribution in [0.1, 0.15) is 24.0 Å². The quantitative estimate of drug-likeness (QED) is 0.504. The van der Waals surface area contributed by atoms with E-state index in [4.69, 9.17) is 21.7 Å². The first-order valence-electron chi connectivity index (χ1n) is 11.2. The van der Waals surface area contributed by atoms with Gasteiger partial charge in [0.05, 0.1) is 19.2 Å². The highest BCUT2D eigenvalue weighted by Gasteiger charge is 2.19. The Morgan fingerprint density at radius 1 is 1.09 bits per heavy atom. The van der Waals surface area contributed by atoms with E-state index in [2.05, 4.69) is 57.7 Å². The maximum atomic E-state index is 6.17. The smallest absolute Gasteiger partial charge is 0.176 e. The van der Waals surface area contributed by atoms with Crippen LogP contribution in [-0.2, 0) is 0 Å². The van der Waals surface area contributed by atoms with Gasteiger partial charge < -0.3 is 25.0 Å². The van der Waals surface area contributed by atoms with Gasteiger partial charge in [0.1, 0.15) is 12.1 Å². The normalized spacial score (nSPS) is 14.8. The number of benzene rings is 2. The molecule has 2 aromatic carbocycles. The Hall–Kier alpha value is -2.97. The summed E-state index contributed by atoms with van der Waals surface area (Å²) in [6.07, 6.45) is 3.82. The zero-order valence-electron chi connectivity index (χ0n) is 19.6. The summed E-state index contributed by atoms with van der Waals surface area (Å²) in [5, 5.41) is 7.75. The van der Waals surface area contributed by atoms with Crippen molar-refractivity contribution in [3.05, 3.63) is 47.8 Å². The number of fused-ring (bicyclic) bond motifs is 1. The van der Waals surface area contributed by atoms with E-state index in [1.54, 1.807) is 7.11 Å². The number of aryl methyl sites for hydroxylation is 2. The Morgan fingerprint density at radius 3 is 2.64 bits per heavy atom. The second-order valence-corrected chi connectivity index (χ2v) is 9.11. The number of methoxy groups -OCH3 is 1. The fourth-order valence-electron chi connectivity index (χ4n) is 4.00. The number of rotatable bonds is 6. The summed E-state index contributed by atoms with van der Waals surface area (Å²) in [7, 11) is 3.81. The van der Waals surface area contributed by atoms with Crippen LogP contribution in [0.5, 0.6) is 11.5 Å². The SMILES string of the molecule is COc1cc2c(NC(=S)Nc3cc(C)ccc3C)ncnc2cc1OCC1CCN(C)CC1. The number of hydrogen-bond acceptors (Lipinski definition) is 6. The molecule has 2 N–H and O–H groups in total. The first kappa shape index (κ1) is 23.2. The van der Waals surface area contributed by atoms with Crippen LogP contribution in [0.25, 0.3) is 10.9 Å². The van der Waals surface area contributed by atoms with Gasteiger partial charge in [0.2, 0.25) is 0 Å². The first-order chi connectivity index (χ1) is 15.9. The minimum atomic E-state index is 0.463. The Labute approximate surface area is 200 Å². The van der Waals surface area contributed by atoms with Crippen molar-refractivity contribution in [1.82, 2.24) is 14.9 Å². The summed E-state index contributed by atoms with van der Waals surface area (Å²) in [6.45, 7) is 7.00. The monoisotopic (exact) mass is 465 g/mol. The summed E-state index contributed by atoms with van der Waals surface area (Å²) in [5.74, 6) is 2.52. The fraction of sp³-hybridized carbons (Fsp3) is 0.400. The summed E-state index contributed by atoms with van der Waals surface area (Å²) in [4.78, 5) is 11.2. The third-order valence-corrected chi connectivity index (χ3v) is 6.31. The molecule has 1 aromatic heterocycles. The van der Waals surface area contributed by atoms with E-state index in [9.17, 15) is 0 Å². The van der Waals surface area contributed by atoms with Crippen molar-refractivity contribution in [2.24, 2.45) is 5.92 Å². The van der Waals surface area contributed by atoms with Gasteiger partial charge in [-0.25, -0.2) is 9.97 Å². The number of nitrogens with one attached hydrogen (secondary N) is 2. The molecule has 1 aliphatic heterocycles. The molecule has 1 aliphatic rings. The van der Waals surface area contributed by atoms with Gasteiger partial charge in [0, 0.05) is 17.1 Å². The van der Waals surface area contributed by atoms with E-state index in [1.165, 1.54) is 6.33 Å². The fourth-order valence-corrected chi connectivity index (χ4v) is 4.21. The van der Waals surface area contributed by atoms with Crippen molar-refractivity contribution in [2.45, 2.75) is 26.7 Å². The highest BCUT2D eigenvalue weighted by atomic mass is 32.1. The van der Waals surface area contributed by atoms with Crippen LogP contribution in [0.4, 0.5) is 11.5 Å². The number of nitrogens with zero attached hydrogens (tertiary/aromatic N) is 3. The van der Waals surface area contributed by atoms with Crippen LogP contribution < -0.4 is 20.1 Å². The lowest BCUT2D eigenvalue weighted by molar-refractivity contribution is 0.157. The number of ether oxygens (including phenoxy) is 2. The number of anilines is 2. The molecular weight excluding hydrogens is 434 g/mol. The van der Waals surface area contributed by atoms with Crippen molar-refractivity contribution in [1.29, 1.82) is 0 Å². The lowest BCUT2D eigenvalue weighted by Gasteiger charge is -2.28. The van der Waals surface area contributed by atoms with Crippen LogP contribution in [0, 0.1) is 19.8 Å². The standard InChI is InChI=1S/C25H31N5O2S/c1-16-5-6-17(2)20(11-16)28-25(33)29-24-19-12-22(31-4)23(13-21(19)26-15-27-24)32-14-18-7-9-30(3)10-8-18/h5-6,11-13,15,18H,7-10,14H2,1-4H3,(H2,26,27,28,29,33). The third-order valence-electron chi connectivity index (χ3n) is 6.11. The average Bonchev–Trinajstić information content (AvgIpc) is 2.80. The van der Waals surface area contributed by atoms with E-state index in [1.807, 2.05) is 19.1 Å². The Kier molecular flexibility index (Phi) is 7.25. The van der Waals surface area contributed by atoms with Crippen molar-refractivity contribution >= 4 is 39.7 Å². The van der Waals surface area contributed by atoms with Crippen LogP contribution in [0.3, 0.4) is 0 Å². The topological polar surface area (TPSA) is 71.5 Å². The number of piperidine rings is 1.